The van der Waals surface area contributed by atoms with Gasteiger partial charge in [0.05, 0.1) is 12.8 Å². The Balaban J connectivity index is 2.80. The molecule has 1 rings (SSSR count). The second-order valence-electron chi connectivity index (χ2n) is 4.86. The molecule has 4 nitrogen and oxygen atoms in total. The molecule has 0 aliphatic rings. The highest BCUT2D eigenvalue weighted by Crippen LogP contribution is 2.28. The van der Waals surface area contributed by atoms with Crippen LogP contribution in [0.2, 0.25) is 0 Å². The first-order valence-electron chi connectivity index (χ1n) is 6.59. The third-order valence-electron chi connectivity index (χ3n) is 2.74. The van der Waals surface area contributed by atoms with Gasteiger partial charge in [-0.15, -0.1) is 0 Å². The fourth-order valence-electron chi connectivity index (χ4n) is 1.64. The molecule has 0 saturated heterocycles. The van der Waals surface area contributed by atoms with Crippen molar-refractivity contribution in [1.29, 1.82) is 0 Å². The van der Waals surface area contributed by atoms with Gasteiger partial charge in [-0.3, -0.25) is 0 Å². The van der Waals surface area contributed by atoms with Gasteiger partial charge >= 0.3 is 7.80 Å². The van der Waals surface area contributed by atoms with Gasteiger partial charge in [0.15, 0.2) is 11.5 Å². The Morgan fingerprint density at radius 2 is 2.11 bits per heavy atom. The number of rotatable bonds is 8. The molecule has 0 bridgehead atoms. The molecular formula is C14H24N2O2P+. The minimum Gasteiger partial charge on any atom is -0.494 e. The van der Waals surface area contributed by atoms with Crippen molar-refractivity contribution in [3.05, 3.63) is 18.2 Å². The van der Waals surface area contributed by atoms with Crippen LogP contribution < -0.4 is 20.7 Å². The van der Waals surface area contributed by atoms with Gasteiger partial charge in [0, 0.05) is 19.2 Å². The van der Waals surface area contributed by atoms with Crippen molar-refractivity contribution in [1.82, 2.24) is 5.32 Å². The Labute approximate surface area is 116 Å². The van der Waals surface area contributed by atoms with E-state index in [9.17, 15) is 4.57 Å². The van der Waals surface area contributed by atoms with Gasteiger partial charge in [-0.05, 0) is 25.1 Å². The molecule has 1 aromatic rings. The summed E-state index contributed by atoms with van der Waals surface area (Å²) in [5, 5.41) is 7.20. The van der Waals surface area contributed by atoms with E-state index in [0.717, 1.165) is 29.8 Å². The predicted molar refractivity (Wildman–Crippen MR) is 82.4 cm³/mol. The van der Waals surface area contributed by atoms with E-state index in [4.69, 9.17) is 4.74 Å². The van der Waals surface area contributed by atoms with E-state index in [2.05, 4.69) is 24.5 Å². The summed E-state index contributed by atoms with van der Waals surface area (Å²) < 4.78 is 17.4. The van der Waals surface area contributed by atoms with E-state index < -0.39 is 7.80 Å². The lowest BCUT2D eigenvalue weighted by Crippen LogP contribution is -2.13. The molecule has 0 spiro atoms. The maximum absolute atomic E-state index is 12.1. The summed E-state index contributed by atoms with van der Waals surface area (Å²) in [7, 11) is 2.15. The molecule has 0 heterocycles. The third kappa shape index (κ3) is 5.17. The molecule has 1 aromatic carbocycles. The zero-order valence-electron chi connectivity index (χ0n) is 12.2. The van der Waals surface area contributed by atoms with E-state index in [0.29, 0.717) is 12.1 Å². The van der Waals surface area contributed by atoms with Crippen molar-refractivity contribution in [3.63, 3.8) is 0 Å². The largest absolute Gasteiger partial charge is 0.494 e. The van der Waals surface area contributed by atoms with Crippen LogP contribution >= 0.6 is 7.80 Å². The Morgan fingerprint density at radius 1 is 1.37 bits per heavy atom. The highest BCUT2D eigenvalue weighted by Gasteiger charge is 2.20. The van der Waals surface area contributed by atoms with Crippen LogP contribution in [0.1, 0.15) is 13.8 Å². The van der Waals surface area contributed by atoms with E-state index >= 15 is 0 Å². The standard InChI is InChI=1S/C14H24N2O2P/c1-11(2)10-16-13-6-5-12(9-14(13)18-4)19(17)8-7-15-3/h5-6,9,11,15-16H,7-8,10H2,1-4H3/q+1. The highest BCUT2D eigenvalue weighted by molar-refractivity contribution is 7.53. The van der Waals surface area contributed by atoms with E-state index in [1.54, 1.807) is 7.11 Å². The van der Waals surface area contributed by atoms with Gasteiger partial charge in [-0.25, -0.2) is 0 Å². The lowest BCUT2D eigenvalue weighted by Gasteiger charge is -2.12. The van der Waals surface area contributed by atoms with Gasteiger partial charge in [0.2, 0.25) is 0 Å². The summed E-state index contributed by atoms with van der Waals surface area (Å²) >= 11 is 0. The monoisotopic (exact) mass is 283 g/mol. The van der Waals surface area contributed by atoms with Crippen molar-refractivity contribution in [3.8, 4) is 5.75 Å². The van der Waals surface area contributed by atoms with Gasteiger partial charge < -0.3 is 15.4 Å². The number of benzene rings is 1. The van der Waals surface area contributed by atoms with Crippen molar-refractivity contribution in [2.24, 2.45) is 5.92 Å². The summed E-state index contributed by atoms with van der Waals surface area (Å²) in [5.74, 6) is 1.32. The summed E-state index contributed by atoms with van der Waals surface area (Å²) in [6, 6.07) is 5.74. The number of anilines is 1. The fourth-order valence-corrected chi connectivity index (χ4v) is 2.82. The Morgan fingerprint density at radius 3 is 2.68 bits per heavy atom. The maximum Gasteiger partial charge on any atom is 0.378 e. The molecule has 5 heteroatoms. The Kier molecular flexibility index (Phi) is 6.82. The van der Waals surface area contributed by atoms with Crippen molar-refractivity contribution >= 4 is 18.8 Å². The fraction of sp³-hybridized carbons (Fsp3) is 0.571. The van der Waals surface area contributed by atoms with Gasteiger partial charge in [-0.1, -0.05) is 18.4 Å². The zero-order valence-corrected chi connectivity index (χ0v) is 13.1. The van der Waals surface area contributed by atoms with Gasteiger partial charge in [-0.2, -0.15) is 0 Å². The molecule has 106 valence electrons. The molecule has 0 aliphatic carbocycles. The molecule has 2 N–H and O–H groups in total. The molecule has 19 heavy (non-hydrogen) atoms. The number of methoxy groups -OCH3 is 1. The van der Waals surface area contributed by atoms with E-state index in [1.807, 2.05) is 25.2 Å². The summed E-state index contributed by atoms with van der Waals surface area (Å²) in [6.07, 6.45) is 0.647. The van der Waals surface area contributed by atoms with Crippen LogP contribution in [0.5, 0.6) is 5.75 Å². The lowest BCUT2D eigenvalue weighted by molar-refractivity contribution is 0.416. The predicted octanol–water partition coefficient (Wildman–Crippen LogP) is 2.44. The first-order chi connectivity index (χ1) is 9.08. The lowest BCUT2D eigenvalue weighted by atomic mass is 10.2. The molecule has 0 amide bonds. The summed E-state index contributed by atoms with van der Waals surface area (Å²) in [4.78, 5) is 0. The molecule has 1 atom stereocenters. The van der Waals surface area contributed by atoms with Crippen LogP contribution in [0.15, 0.2) is 18.2 Å². The van der Waals surface area contributed by atoms with Crippen LogP contribution in [0.3, 0.4) is 0 Å². The topological polar surface area (TPSA) is 50.4 Å². The molecule has 0 saturated carbocycles. The second-order valence-corrected chi connectivity index (χ2v) is 6.59. The molecular weight excluding hydrogens is 259 g/mol. The van der Waals surface area contributed by atoms with Crippen LogP contribution in [0, 0.1) is 5.92 Å². The van der Waals surface area contributed by atoms with Crippen LogP contribution in [-0.2, 0) is 4.57 Å². The molecule has 0 aromatic heterocycles. The normalized spacial score (nSPS) is 11.5. The van der Waals surface area contributed by atoms with Gasteiger partial charge in [0.1, 0.15) is 5.75 Å². The number of hydrogen-bond acceptors (Lipinski definition) is 4. The number of ether oxygens (including phenoxy) is 1. The van der Waals surface area contributed by atoms with Crippen LogP contribution in [0.25, 0.3) is 0 Å². The van der Waals surface area contributed by atoms with Crippen molar-refractivity contribution in [2.45, 2.75) is 13.8 Å². The summed E-state index contributed by atoms with van der Waals surface area (Å²) in [5.41, 5.74) is 0.956. The Hall–Kier alpha value is -1.12. The average Bonchev–Trinajstić information content (AvgIpc) is 2.42. The van der Waals surface area contributed by atoms with E-state index in [1.165, 1.54) is 0 Å². The van der Waals surface area contributed by atoms with Crippen LogP contribution in [-0.4, -0.2) is 33.4 Å². The Bertz CT molecular complexity index is 422. The highest BCUT2D eigenvalue weighted by atomic mass is 31.1. The maximum atomic E-state index is 12.1. The second kappa shape index (κ2) is 8.13. The van der Waals surface area contributed by atoms with Crippen molar-refractivity contribution in [2.75, 3.05) is 38.7 Å². The minimum atomic E-state index is -1.36. The van der Waals surface area contributed by atoms with Crippen molar-refractivity contribution < 1.29 is 9.30 Å². The smallest absolute Gasteiger partial charge is 0.378 e. The number of hydrogen-bond donors (Lipinski definition) is 2. The number of nitrogens with one attached hydrogen (secondary N) is 2. The SMILES string of the molecule is CNCC[P+](=O)c1ccc(NCC(C)C)c(OC)c1. The quantitative estimate of drug-likeness (QED) is 0.719. The zero-order chi connectivity index (χ0) is 14.3. The van der Waals surface area contributed by atoms with Gasteiger partial charge in [0.25, 0.3) is 0 Å². The van der Waals surface area contributed by atoms with E-state index in [-0.39, 0.29) is 0 Å². The third-order valence-corrected chi connectivity index (χ3v) is 4.22. The summed E-state index contributed by atoms with van der Waals surface area (Å²) in [6.45, 7) is 5.96. The molecule has 0 fully saturated rings. The van der Waals surface area contributed by atoms with Crippen LogP contribution in [0.4, 0.5) is 5.69 Å². The molecule has 0 aliphatic heterocycles. The minimum absolute atomic E-state index is 0.566. The first kappa shape index (κ1) is 15.9. The first-order valence-corrected chi connectivity index (χ1v) is 8.04. The molecule has 0 radical (unpaired) electrons. The molecule has 1 unspecified atom stereocenters. The average molecular weight is 283 g/mol.